The lowest BCUT2D eigenvalue weighted by molar-refractivity contribution is 0.00631. The quantitative estimate of drug-likeness (QED) is 0.911. The number of carbonyl (C=O) groups excluding carboxylic acids is 1. The lowest BCUT2D eigenvalue weighted by Gasteiger charge is -2.18. The predicted octanol–water partition coefficient (Wildman–Crippen LogP) is 1.76. The van der Waals surface area contributed by atoms with Crippen molar-refractivity contribution in [2.75, 3.05) is 13.1 Å². The largest absolute Gasteiger partial charge is 0.445 e. The molecule has 5 heteroatoms. The van der Waals surface area contributed by atoms with E-state index in [1.165, 1.54) is 0 Å². The molecule has 0 spiro atoms. The Morgan fingerprint density at radius 1 is 1.35 bits per heavy atom. The monoisotopic (exact) mass is 278 g/mol. The molecule has 0 aromatic heterocycles. The summed E-state index contributed by atoms with van der Waals surface area (Å²) in [6, 6.07) is 9.46. The fourth-order valence-electron chi connectivity index (χ4n) is 2.25. The van der Waals surface area contributed by atoms with Crippen LogP contribution in [0.4, 0.5) is 4.79 Å². The summed E-state index contributed by atoms with van der Waals surface area (Å²) in [6.45, 7) is 5.17. The molecule has 1 aliphatic rings. The zero-order valence-corrected chi connectivity index (χ0v) is 12.0. The highest BCUT2D eigenvalue weighted by molar-refractivity contribution is 5.68. The third-order valence-corrected chi connectivity index (χ3v) is 3.22. The van der Waals surface area contributed by atoms with Crippen LogP contribution >= 0.6 is 0 Å². The number of rotatable bonds is 4. The maximum Gasteiger partial charge on any atom is 0.410 e. The molecule has 1 heterocycles. The predicted molar refractivity (Wildman–Crippen MR) is 76.2 cm³/mol. The summed E-state index contributed by atoms with van der Waals surface area (Å²) in [5.74, 6) is 0. The third kappa shape index (κ3) is 3.95. The molecule has 1 fully saturated rings. The van der Waals surface area contributed by atoms with Crippen LogP contribution in [0.5, 0.6) is 0 Å². The van der Waals surface area contributed by atoms with Crippen molar-refractivity contribution in [3.8, 4) is 0 Å². The van der Waals surface area contributed by atoms with E-state index in [4.69, 9.17) is 15.2 Å². The Kier molecular flexibility index (Phi) is 4.98. The average Bonchev–Trinajstić information content (AvgIpc) is 2.78. The lowest BCUT2D eigenvalue weighted by Crippen LogP contribution is -2.36. The molecular weight excluding hydrogens is 256 g/mol. The van der Waals surface area contributed by atoms with Crippen LogP contribution in [0.15, 0.2) is 30.3 Å². The number of likely N-dealkylation sites (tertiary alicyclic amines) is 1. The Morgan fingerprint density at radius 3 is 2.70 bits per heavy atom. The molecule has 5 nitrogen and oxygen atoms in total. The normalized spacial score (nSPS) is 22.3. The Bertz CT molecular complexity index is 436. The summed E-state index contributed by atoms with van der Waals surface area (Å²) in [5.41, 5.74) is 6.96. The first kappa shape index (κ1) is 14.8. The van der Waals surface area contributed by atoms with Crippen molar-refractivity contribution >= 4 is 6.09 Å². The highest BCUT2D eigenvalue weighted by atomic mass is 16.6. The second-order valence-corrected chi connectivity index (χ2v) is 5.33. The summed E-state index contributed by atoms with van der Waals surface area (Å²) in [4.78, 5) is 13.6. The standard InChI is InChI=1S/C15H22N2O3/c1-11(2)20-14-9-17(8-13(14)16)15(18)19-10-12-6-4-3-5-7-12/h3-7,11,13-14H,8-10,16H2,1-2H3/t13-,14-/m0/s1. The number of hydrogen-bond acceptors (Lipinski definition) is 4. The Hall–Kier alpha value is -1.59. The molecule has 0 radical (unpaired) electrons. The fourth-order valence-corrected chi connectivity index (χ4v) is 2.25. The summed E-state index contributed by atoms with van der Waals surface area (Å²) in [7, 11) is 0. The average molecular weight is 278 g/mol. The van der Waals surface area contributed by atoms with Crippen LogP contribution < -0.4 is 5.73 Å². The van der Waals surface area contributed by atoms with Gasteiger partial charge in [-0.05, 0) is 19.4 Å². The van der Waals surface area contributed by atoms with E-state index in [0.29, 0.717) is 13.1 Å². The number of nitrogens with zero attached hydrogens (tertiary/aromatic N) is 1. The number of hydrogen-bond donors (Lipinski definition) is 1. The first-order chi connectivity index (χ1) is 9.56. The Balaban J connectivity index is 1.82. The minimum Gasteiger partial charge on any atom is -0.445 e. The van der Waals surface area contributed by atoms with Gasteiger partial charge in [-0.3, -0.25) is 0 Å². The van der Waals surface area contributed by atoms with Crippen LogP contribution in [0, 0.1) is 0 Å². The van der Waals surface area contributed by atoms with Gasteiger partial charge < -0.3 is 20.1 Å². The highest BCUT2D eigenvalue weighted by Crippen LogP contribution is 2.15. The molecule has 1 aliphatic heterocycles. The molecule has 110 valence electrons. The maximum atomic E-state index is 12.0. The molecule has 2 N–H and O–H groups in total. The van der Waals surface area contributed by atoms with E-state index in [1.54, 1.807) is 4.90 Å². The van der Waals surface area contributed by atoms with E-state index in [0.717, 1.165) is 5.56 Å². The van der Waals surface area contributed by atoms with E-state index in [1.807, 2.05) is 44.2 Å². The van der Waals surface area contributed by atoms with Crippen molar-refractivity contribution in [2.45, 2.75) is 38.7 Å². The van der Waals surface area contributed by atoms with Crippen LogP contribution in [0.25, 0.3) is 0 Å². The van der Waals surface area contributed by atoms with Crippen molar-refractivity contribution < 1.29 is 14.3 Å². The van der Waals surface area contributed by atoms with Crippen molar-refractivity contribution in [3.05, 3.63) is 35.9 Å². The van der Waals surface area contributed by atoms with E-state index in [2.05, 4.69) is 0 Å². The van der Waals surface area contributed by atoms with Gasteiger partial charge >= 0.3 is 6.09 Å². The van der Waals surface area contributed by atoms with Gasteiger partial charge in [0.15, 0.2) is 0 Å². The number of amides is 1. The van der Waals surface area contributed by atoms with Gasteiger partial charge in [0.25, 0.3) is 0 Å². The molecule has 2 atom stereocenters. The molecule has 2 rings (SSSR count). The first-order valence-electron chi connectivity index (χ1n) is 6.93. The molecule has 0 aliphatic carbocycles. The van der Waals surface area contributed by atoms with Crippen molar-refractivity contribution in [2.24, 2.45) is 5.73 Å². The lowest BCUT2D eigenvalue weighted by atomic mass is 10.2. The second kappa shape index (κ2) is 6.72. The van der Waals surface area contributed by atoms with E-state index < -0.39 is 0 Å². The third-order valence-electron chi connectivity index (χ3n) is 3.22. The van der Waals surface area contributed by atoms with Crippen LogP contribution in [0.2, 0.25) is 0 Å². The van der Waals surface area contributed by atoms with Crippen LogP contribution in [0.1, 0.15) is 19.4 Å². The summed E-state index contributed by atoms with van der Waals surface area (Å²) >= 11 is 0. The SMILES string of the molecule is CC(C)O[C@H]1CN(C(=O)OCc2ccccc2)C[C@@H]1N. The van der Waals surface area contributed by atoms with Gasteiger partial charge in [0.1, 0.15) is 6.61 Å². The van der Waals surface area contributed by atoms with E-state index in [9.17, 15) is 4.79 Å². The van der Waals surface area contributed by atoms with Gasteiger partial charge in [-0.25, -0.2) is 4.79 Å². The number of nitrogens with two attached hydrogens (primary N) is 1. The Morgan fingerprint density at radius 2 is 2.05 bits per heavy atom. The fraction of sp³-hybridized carbons (Fsp3) is 0.533. The van der Waals surface area contributed by atoms with Crippen molar-refractivity contribution in [1.29, 1.82) is 0 Å². The van der Waals surface area contributed by atoms with Gasteiger partial charge in [0.2, 0.25) is 0 Å². The van der Waals surface area contributed by atoms with Gasteiger partial charge in [-0.1, -0.05) is 30.3 Å². The van der Waals surface area contributed by atoms with Gasteiger partial charge in [0.05, 0.1) is 24.8 Å². The molecule has 1 saturated heterocycles. The topological polar surface area (TPSA) is 64.8 Å². The number of carbonyl (C=O) groups is 1. The summed E-state index contributed by atoms with van der Waals surface area (Å²) < 4.78 is 11.0. The molecule has 0 unspecified atom stereocenters. The molecule has 1 aromatic rings. The molecule has 0 saturated carbocycles. The zero-order chi connectivity index (χ0) is 14.5. The van der Waals surface area contributed by atoms with Gasteiger partial charge in [-0.2, -0.15) is 0 Å². The van der Waals surface area contributed by atoms with E-state index >= 15 is 0 Å². The van der Waals surface area contributed by atoms with Crippen LogP contribution in [-0.4, -0.2) is 42.3 Å². The molecule has 1 amide bonds. The smallest absolute Gasteiger partial charge is 0.410 e. The van der Waals surface area contributed by atoms with Crippen molar-refractivity contribution in [3.63, 3.8) is 0 Å². The van der Waals surface area contributed by atoms with E-state index in [-0.39, 0.29) is 30.9 Å². The molecular formula is C15H22N2O3. The first-order valence-corrected chi connectivity index (χ1v) is 6.93. The minimum atomic E-state index is -0.334. The minimum absolute atomic E-state index is 0.103. The molecule has 1 aromatic carbocycles. The molecule has 0 bridgehead atoms. The Labute approximate surface area is 119 Å². The summed E-state index contributed by atoms with van der Waals surface area (Å²) in [6.07, 6.45) is -0.343. The highest BCUT2D eigenvalue weighted by Gasteiger charge is 2.34. The van der Waals surface area contributed by atoms with Crippen LogP contribution in [0.3, 0.4) is 0 Å². The maximum absolute atomic E-state index is 12.0. The second-order valence-electron chi connectivity index (χ2n) is 5.33. The molecule has 20 heavy (non-hydrogen) atoms. The van der Waals surface area contributed by atoms with Crippen LogP contribution in [-0.2, 0) is 16.1 Å². The number of ether oxygens (including phenoxy) is 2. The zero-order valence-electron chi connectivity index (χ0n) is 12.0. The summed E-state index contributed by atoms with van der Waals surface area (Å²) in [5, 5.41) is 0. The van der Waals surface area contributed by atoms with Crippen molar-refractivity contribution in [1.82, 2.24) is 4.90 Å². The van der Waals surface area contributed by atoms with Gasteiger partial charge in [0, 0.05) is 6.54 Å². The number of benzene rings is 1. The van der Waals surface area contributed by atoms with Gasteiger partial charge in [-0.15, -0.1) is 0 Å².